The fraction of sp³-hybridized carbons (Fsp3) is 0.105. The van der Waals surface area contributed by atoms with Gasteiger partial charge in [0.05, 0.1) is 5.52 Å². The molecule has 0 radical (unpaired) electrons. The number of benzene rings is 2. The predicted molar refractivity (Wildman–Crippen MR) is 106 cm³/mol. The molecule has 0 aliphatic heterocycles. The van der Waals surface area contributed by atoms with Gasteiger partial charge in [-0.15, -0.1) is 20.4 Å². The monoisotopic (exact) mass is 410 g/mol. The summed E-state index contributed by atoms with van der Waals surface area (Å²) in [5.74, 6) is -0.646. The van der Waals surface area contributed by atoms with Gasteiger partial charge in [0.25, 0.3) is 5.91 Å². The smallest absolute Gasteiger partial charge is 0.295 e. The predicted octanol–water partition coefficient (Wildman–Crippen LogP) is 4.36. The number of carbonyl (C=O) groups excluding carboxylic acids is 1. The number of aromatic nitrogens is 4. The van der Waals surface area contributed by atoms with Gasteiger partial charge in [0.1, 0.15) is 12.1 Å². The number of aromatic hydroxyl groups is 1. The fourth-order valence-electron chi connectivity index (χ4n) is 2.68. The van der Waals surface area contributed by atoms with Gasteiger partial charge in [-0.1, -0.05) is 23.9 Å². The summed E-state index contributed by atoms with van der Waals surface area (Å²) in [5, 5.41) is 26.4. The van der Waals surface area contributed by atoms with Crippen LogP contribution in [-0.2, 0) is 12.8 Å². The van der Waals surface area contributed by atoms with Crippen molar-refractivity contribution in [2.24, 2.45) is 17.3 Å². The van der Waals surface area contributed by atoms with Crippen molar-refractivity contribution in [3.05, 3.63) is 65.7 Å². The average molecular weight is 410 g/mol. The maximum Gasteiger partial charge on any atom is 0.295 e. The Labute approximate surface area is 168 Å². The first kappa shape index (κ1) is 18.8. The van der Waals surface area contributed by atoms with Gasteiger partial charge in [-0.3, -0.25) is 4.79 Å². The molecule has 146 valence electrons. The summed E-state index contributed by atoms with van der Waals surface area (Å²) in [6.45, 7) is 0. The Morgan fingerprint density at radius 3 is 2.79 bits per heavy atom. The summed E-state index contributed by atoms with van der Waals surface area (Å²) < 4.78 is 15.3. The highest BCUT2D eigenvalue weighted by Gasteiger charge is 2.12. The van der Waals surface area contributed by atoms with Gasteiger partial charge >= 0.3 is 0 Å². The Morgan fingerprint density at radius 1 is 1.28 bits per heavy atom. The van der Waals surface area contributed by atoms with Crippen molar-refractivity contribution >= 4 is 34.3 Å². The third kappa shape index (κ3) is 4.02. The molecule has 10 heteroatoms. The van der Waals surface area contributed by atoms with Crippen LogP contribution in [0.2, 0.25) is 0 Å². The second-order valence-electron chi connectivity index (χ2n) is 6.23. The number of hydrogen-bond donors (Lipinski definition) is 2. The van der Waals surface area contributed by atoms with Crippen LogP contribution in [0.15, 0.2) is 64.2 Å². The first-order chi connectivity index (χ1) is 14.0. The number of nitrogens with one attached hydrogen (secondary N) is 1. The van der Waals surface area contributed by atoms with E-state index in [0.29, 0.717) is 22.2 Å². The van der Waals surface area contributed by atoms with Crippen LogP contribution in [0.5, 0.6) is 5.88 Å². The van der Waals surface area contributed by atoms with Crippen molar-refractivity contribution in [3.63, 3.8) is 0 Å². The molecule has 2 N–H and O–H groups in total. The van der Waals surface area contributed by atoms with Crippen molar-refractivity contribution in [1.82, 2.24) is 19.7 Å². The van der Waals surface area contributed by atoms with Crippen molar-refractivity contribution in [1.29, 1.82) is 0 Å². The molecule has 2 aromatic carbocycles. The first-order valence-electron chi connectivity index (χ1n) is 8.53. The molecule has 0 unspecified atom stereocenters. The SMILES string of the molecule is Cn1cnnc1SCc1ccc(C(=O)N=Nc2c(O)[nH]c3ccc(F)cc23)cc1. The molecule has 0 aliphatic carbocycles. The molecular formula is C19H15FN6O2S. The molecule has 2 aromatic heterocycles. The van der Waals surface area contributed by atoms with Crippen molar-refractivity contribution in [3.8, 4) is 5.88 Å². The maximum atomic E-state index is 13.5. The summed E-state index contributed by atoms with van der Waals surface area (Å²) in [7, 11) is 1.87. The van der Waals surface area contributed by atoms with E-state index in [-0.39, 0.29) is 11.6 Å². The second-order valence-corrected chi connectivity index (χ2v) is 7.17. The van der Waals surface area contributed by atoms with E-state index < -0.39 is 11.7 Å². The van der Waals surface area contributed by atoms with Gasteiger partial charge in [0, 0.05) is 23.8 Å². The van der Waals surface area contributed by atoms with Crippen molar-refractivity contribution in [2.45, 2.75) is 10.9 Å². The highest BCUT2D eigenvalue weighted by atomic mass is 32.2. The quantitative estimate of drug-likeness (QED) is 0.375. The Balaban J connectivity index is 1.47. The highest BCUT2D eigenvalue weighted by molar-refractivity contribution is 7.98. The number of thioether (sulfide) groups is 1. The van der Waals surface area contributed by atoms with E-state index >= 15 is 0 Å². The molecule has 4 aromatic rings. The Morgan fingerprint density at radius 2 is 2.07 bits per heavy atom. The molecule has 1 amide bonds. The van der Waals surface area contributed by atoms with E-state index in [2.05, 4.69) is 25.4 Å². The van der Waals surface area contributed by atoms with E-state index in [1.165, 1.54) is 30.0 Å². The molecule has 0 aliphatic rings. The summed E-state index contributed by atoms with van der Waals surface area (Å²) in [4.78, 5) is 15.0. The standard InChI is InChI=1S/C19H15FN6O2S/c1-26-10-21-25-19(26)29-9-11-2-4-12(5-3-11)17(27)24-23-16-14-8-13(20)6-7-15(14)22-18(16)28/h2-8,10,22,28H,9H2,1H3. The number of H-pyrrole nitrogens is 1. The Bertz CT molecular complexity index is 1220. The number of hydrogen-bond acceptors (Lipinski definition) is 6. The fourth-order valence-corrected chi connectivity index (χ4v) is 3.53. The van der Waals surface area contributed by atoms with Gasteiger partial charge in [-0.25, -0.2) is 4.39 Å². The molecular weight excluding hydrogens is 395 g/mol. The summed E-state index contributed by atoms with van der Waals surface area (Å²) in [5.41, 5.74) is 1.88. The molecule has 0 saturated carbocycles. The zero-order chi connectivity index (χ0) is 20.4. The number of rotatable bonds is 5. The lowest BCUT2D eigenvalue weighted by atomic mass is 10.1. The molecule has 0 fully saturated rings. The van der Waals surface area contributed by atoms with Crippen molar-refractivity contribution in [2.75, 3.05) is 0 Å². The number of halogens is 1. The number of azo groups is 1. The van der Waals surface area contributed by atoms with Gasteiger partial charge in [0.15, 0.2) is 10.8 Å². The molecule has 0 atom stereocenters. The first-order valence-corrected chi connectivity index (χ1v) is 9.52. The molecule has 0 saturated heterocycles. The molecule has 8 nitrogen and oxygen atoms in total. The van der Waals surface area contributed by atoms with E-state index in [9.17, 15) is 14.3 Å². The third-order valence-corrected chi connectivity index (χ3v) is 5.30. The second kappa shape index (κ2) is 7.84. The van der Waals surface area contributed by atoms with Crippen LogP contribution in [-0.4, -0.2) is 30.8 Å². The van der Waals surface area contributed by atoms with Crippen LogP contribution in [0.4, 0.5) is 10.1 Å². The number of carbonyl (C=O) groups is 1. The van der Waals surface area contributed by atoms with Crippen LogP contribution in [0, 0.1) is 5.82 Å². The van der Waals surface area contributed by atoms with Crippen LogP contribution in [0.25, 0.3) is 10.9 Å². The summed E-state index contributed by atoms with van der Waals surface area (Å²) in [6, 6.07) is 10.9. The lowest BCUT2D eigenvalue weighted by molar-refractivity contribution is 0.0995. The minimum Gasteiger partial charge on any atom is -0.493 e. The summed E-state index contributed by atoms with van der Waals surface area (Å²) in [6.07, 6.45) is 1.63. The topological polar surface area (TPSA) is 109 Å². The van der Waals surface area contributed by atoms with Gasteiger partial charge in [-0.05, 0) is 35.9 Å². The van der Waals surface area contributed by atoms with E-state index in [4.69, 9.17) is 0 Å². The van der Waals surface area contributed by atoms with Crippen LogP contribution >= 0.6 is 11.8 Å². The number of fused-ring (bicyclic) bond motifs is 1. The average Bonchev–Trinajstić information content (AvgIpc) is 3.26. The van der Waals surface area contributed by atoms with Crippen LogP contribution < -0.4 is 0 Å². The largest absolute Gasteiger partial charge is 0.493 e. The zero-order valence-corrected chi connectivity index (χ0v) is 16.0. The third-order valence-electron chi connectivity index (χ3n) is 4.19. The molecule has 0 spiro atoms. The summed E-state index contributed by atoms with van der Waals surface area (Å²) >= 11 is 1.53. The number of aryl methyl sites for hydroxylation is 1. The normalized spacial score (nSPS) is 11.5. The Kier molecular flexibility index (Phi) is 5.09. The highest BCUT2D eigenvalue weighted by Crippen LogP contribution is 2.35. The van der Waals surface area contributed by atoms with Gasteiger partial charge < -0.3 is 14.7 Å². The molecule has 2 heterocycles. The maximum absolute atomic E-state index is 13.5. The van der Waals surface area contributed by atoms with E-state index in [0.717, 1.165) is 10.7 Å². The van der Waals surface area contributed by atoms with Gasteiger partial charge in [-0.2, -0.15) is 0 Å². The lowest BCUT2D eigenvalue weighted by Gasteiger charge is -2.02. The molecule has 4 rings (SSSR count). The lowest BCUT2D eigenvalue weighted by Crippen LogP contribution is -1.94. The van der Waals surface area contributed by atoms with Crippen LogP contribution in [0.3, 0.4) is 0 Å². The molecule has 0 bridgehead atoms. The number of aromatic amines is 1. The minimum atomic E-state index is -0.567. The molecule has 29 heavy (non-hydrogen) atoms. The number of nitrogens with zero attached hydrogens (tertiary/aromatic N) is 5. The Hall–Kier alpha value is -3.53. The van der Waals surface area contributed by atoms with Crippen LogP contribution in [0.1, 0.15) is 15.9 Å². The van der Waals surface area contributed by atoms with E-state index in [1.54, 1.807) is 18.5 Å². The van der Waals surface area contributed by atoms with Gasteiger partial charge in [0.2, 0.25) is 5.88 Å². The number of amides is 1. The van der Waals surface area contributed by atoms with E-state index in [1.807, 2.05) is 23.7 Å². The zero-order valence-electron chi connectivity index (χ0n) is 15.2. The minimum absolute atomic E-state index is 0.0181. The van der Waals surface area contributed by atoms with Crippen molar-refractivity contribution < 1.29 is 14.3 Å².